The molecule has 0 heterocycles. The van der Waals surface area contributed by atoms with E-state index in [0.29, 0.717) is 18.5 Å². The number of carbonyl (C=O) groups is 1. The normalized spacial score (nSPS) is 12.7. The number of halogens is 1. The van der Waals surface area contributed by atoms with Crippen LogP contribution in [0.25, 0.3) is 0 Å². The molecule has 1 aromatic rings. The maximum Gasteiger partial charge on any atom is 0.320 e. The monoisotopic (exact) mass is 268 g/mol. The molecular formula is C14H21FN2O2. The Balaban J connectivity index is 2.35. The lowest BCUT2D eigenvalue weighted by atomic mass is 10.1. The molecule has 4 nitrogen and oxygen atoms in total. The summed E-state index contributed by atoms with van der Waals surface area (Å²) >= 11 is 0. The second-order valence-corrected chi connectivity index (χ2v) is 4.87. The van der Waals surface area contributed by atoms with Crippen molar-refractivity contribution in [3.05, 3.63) is 35.1 Å². The van der Waals surface area contributed by atoms with Crippen LogP contribution in [0, 0.1) is 12.7 Å². The lowest BCUT2D eigenvalue weighted by molar-refractivity contribution is -0.138. The van der Waals surface area contributed by atoms with Crippen molar-refractivity contribution in [2.24, 2.45) is 5.73 Å². The second kappa shape index (κ2) is 7.21. The van der Waals surface area contributed by atoms with E-state index in [1.165, 1.54) is 6.07 Å². The Morgan fingerprint density at radius 3 is 2.74 bits per heavy atom. The van der Waals surface area contributed by atoms with Crippen molar-refractivity contribution in [3.63, 3.8) is 0 Å². The highest BCUT2D eigenvalue weighted by atomic mass is 19.1. The van der Waals surface area contributed by atoms with Gasteiger partial charge in [-0.2, -0.15) is 0 Å². The van der Waals surface area contributed by atoms with E-state index in [9.17, 15) is 9.18 Å². The third-order valence-corrected chi connectivity index (χ3v) is 3.14. The van der Waals surface area contributed by atoms with Gasteiger partial charge in [0.05, 0.1) is 0 Å². The Hall–Kier alpha value is -1.46. The molecule has 1 unspecified atom stereocenters. The summed E-state index contributed by atoms with van der Waals surface area (Å²) in [6.07, 6.45) is 1.23. The molecule has 0 aliphatic carbocycles. The van der Waals surface area contributed by atoms with E-state index >= 15 is 0 Å². The summed E-state index contributed by atoms with van der Waals surface area (Å²) in [5.41, 5.74) is 7.16. The van der Waals surface area contributed by atoms with E-state index in [2.05, 4.69) is 0 Å². The summed E-state index contributed by atoms with van der Waals surface area (Å²) in [6.45, 7) is 3.17. The van der Waals surface area contributed by atoms with Crippen LogP contribution < -0.4 is 5.73 Å². The van der Waals surface area contributed by atoms with Crippen molar-refractivity contribution in [2.75, 3.05) is 20.1 Å². The summed E-state index contributed by atoms with van der Waals surface area (Å²) in [4.78, 5) is 12.6. The SMILES string of the molecule is Cc1cc(CCN(C)CCC(N)C(=O)O)ccc1F. The number of hydrogen-bond donors (Lipinski definition) is 2. The van der Waals surface area contributed by atoms with E-state index in [1.54, 1.807) is 13.0 Å². The van der Waals surface area contributed by atoms with Gasteiger partial charge in [-0.3, -0.25) is 4.79 Å². The van der Waals surface area contributed by atoms with Crippen LogP contribution in [0.2, 0.25) is 0 Å². The number of rotatable bonds is 7. The van der Waals surface area contributed by atoms with Gasteiger partial charge in [-0.1, -0.05) is 12.1 Å². The average Bonchev–Trinajstić information content (AvgIpc) is 2.37. The molecule has 0 amide bonds. The first kappa shape index (κ1) is 15.6. The van der Waals surface area contributed by atoms with Crippen LogP contribution >= 0.6 is 0 Å². The zero-order valence-corrected chi connectivity index (χ0v) is 11.4. The second-order valence-electron chi connectivity index (χ2n) is 4.87. The Kier molecular flexibility index (Phi) is 5.92. The summed E-state index contributed by atoms with van der Waals surface area (Å²) in [6, 6.07) is 4.28. The van der Waals surface area contributed by atoms with Crippen molar-refractivity contribution >= 4 is 5.97 Å². The number of benzene rings is 1. The molecule has 0 spiro atoms. The first-order chi connectivity index (χ1) is 8.90. The Morgan fingerprint density at radius 1 is 1.47 bits per heavy atom. The molecular weight excluding hydrogens is 247 g/mol. The predicted octanol–water partition coefficient (Wildman–Crippen LogP) is 1.41. The number of likely N-dealkylation sites (N-methyl/N-ethyl adjacent to an activating group) is 1. The standard InChI is InChI=1S/C14H21FN2O2/c1-10-9-11(3-4-12(10)15)5-7-17(2)8-6-13(16)14(18)19/h3-4,9,13H,5-8,16H2,1-2H3,(H,18,19). The van der Waals surface area contributed by atoms with Crippen LogP contribution in [0.1, 0.15) is 17.5 Å². The number of aliphatic carboxylic acids is 1. The topological polar surface area (TPSA) is 66.6 Å². The molecule has 1 aromatic carbocycles. The summed E-state index contributed by atoms with van der Waals surface area (Å²) in [7, 11) is 1.92. The fourth-order valence-corrected chi connectivity index (χ4v) is 1.78. The van der Waals surface area contributed by atoms with Crippen LogP contribution in [0.15, 0.2) is 18.2 Å². The van der Waals surface area contributed by atoms with E-state index in [-0.39, 0.29) is 5.82 Å². The van der Waals surface area contributed by atoms with Gasteiger partial charge in [0, 0.05) is 6.54 Å². The minimum atomic E-state index is -0.970. The summed E-state index contributed by atoms with van der Waals surface area (Å²) in [5, 5.41) is 8.68. The molecule has 0 fully saturated rings. The lowest BCUT2D eigenvalue weighted by Crippen LogP contribution is -2.34. The molecule has 0 saturated heterocycles. The molecule has 106 valence electrons. The number of nitrogens with two attached hydrogens (primary N) is 1. The number of nitrogens with zero attached hydrogens (tertiary/aromatic N) is 1. The number of hydrogen-bond acceptors (Lipinski definition) is 3. The molecule has 0 radical (unpaired) electrons. The Morgan fingerprint density at radius 2 is 2.16 bits per heavy atom. The number of carboxylic acids is 1. The molecule has 0 aromatic heterocycles. The molecule has 0 aliphatic heterocycles. The highest BCUT2D eigenvalue weighted by Crippen LogP contribution is 2.10. The average molecular weight is 268 g/mol. The number of aryl methyl sites for hydroxylation is 1. The third kappa shape index (κ3) is 5.36. The molecule has 5 heteroatoms. The highest BCUT2D eigenvalue weighted by Gasteiger charge is 2.12. The molecule has 19 heavy (non-hydrogen) atoms. The molecule has 3 N–H and O–H groups in total. The first-order valence-electron chi connectivity index (χ1n) is 6.32. The van der Waals surface area contributed by atoms with Gasteiger partial charge >= 0.3 is 5.97 Å². The van der Waals surface area contributed by atoms with E-state index in [0.717, 1.165) is 18.5 Å². The van der Waals surface area contributed by atoms with Gasteiger partial charge in [0.2, 0.25) is 0 Å². The molecule has 0 aliphatic rings. The first-order valence-corrected chi connectivity index (χ1v) is 6.32. The quantitative estimate of drug-likeness (QED) is 0.784. The maximum atomic E-state index is 13.1. The summed E-state index contributed by atoms with van der Waals surface area (Å²) < 4.78 is 13.1. The van der Waals surface area contributed by atoms with Gasteiger partial charge in [-0.15, -0.1) is 0 Å². The number of carboxylic acid groups (broad SMARTS) is 1. The largest absolute Gasteiger partial charge is 0.480 e. The van der Waals surface area contributed by atoms with Crippen molar-refractivity contribution < 1.29 is 14.3 Å². The van der Waals surface area contributed by atoms with Crippen LogP contribution in [0.3, 0.4) is 0 Å². The van der Waals surface area contributed by atoms with Crippen molar-refractivity contribution in [1.29, 1.82) is 0 Å². The van der Waals surface area contributed by atoms with Gasteiger partial charge in [-0.25, -0.2) is 4.39 Å². The fraction of sp³-hybridized carbons (Fsp3) is 0.500. The third-order valence-electron chi connectivity index (χ3n) is 3.14. The highest BCUT2D eigenvalue weighted by molar-refractivity contribution is 5.72. The van der Waals surface area contributed by atoms with Gasteiger partial charge in [0.1, 0.15) is 11.9 Å². The smallest absolute Gasteiger partial charge is 0.320 e. The minimum Gasteiger partial charge on any atom is -0.480 e. The van der Waals surface area contributed by atoms with E-state index in [4.69, 9.17) is 10.8 Å². The van der Waals surface area contributed by atoms with E-state index in [1.807, 2.05) is 18.0 Å². The van der Waals surface area contributed by atoms with Crippen LogP contribution in [0.4, 0.5) is 4.39 Å². The van der Waals surface area contributed by atoms with Crippen molar-refractivity contribution in [1.82, 2.24) is 4.90 Å². The van der Waals surface area contributed by atoms with Gasteiger partial charge in [0.25, 0.3) is 0 Å². The lowest BCUT2D eigenvalue weighted by Gasteiger charge is -2.17. The molecule has 1 atom stereocenters. The molecule has 0 bridgehead atoms. The predicted molar refractivity (Wildman–Crippen MR) is 72.6 cm³/mol. The Bertz CT molecular complexity index is 437. The summed E-state index contributed by atoms with van der Waals surface area (Å²) in [5.74, 6) is -1.16. The van der Waals surface area contributed by atoms with Crippen molar-refractivity contribution in [3.8, 4) is 0 Å². The zero-order valence-electron chi connectivity index (χ0n) is 11.4. The van der Waals surface area contributed by atoms with Crippen molar-refractivity contribution in [2.45, 2.75) is 25.8 Å². The Labute approximate surface area is 113 Å². The minimum absolute atomic E-state index is 0.190. The molecule has 1 rings (SSSR count). The van der Waals surface area contributed by atoms with Gasteiger partial charge in [0.15, 0.2) is 0 Å². The van der Waals surface area contributed by atoms with Crippen LogP contribution in [0.5, 0.6) is 0 Å². The van der Waals surface area contributed by atoms with Gasteiger partial charge < -0.3 is 15.7 Å². The maximum absolute atomic E-state index is 13.1. The molecule has 0 saturated carbocycles. The van der Waals surface area contributed by atoms with Crippen LogP contribution in [-0.4, -0.2) is 42.2 Å². The van der Waals surface area contributed by atoms with Crippen LogP contribution in [-0.2, 0) is 11.2 Å². The van der Waals surface area contributed by atoms with Gasteiger partial charge in [-0.05, 0) is 50.6 Å². The van der Waals surface area contributed by atoms with E-state index < -0.39 is 12.0 Å². The fourth-order valence-electron chi connectivity index (χ4n) is 1.78. The zero-order chi connectivity index (χ0) is 14.4.